The number of ether oxygens (including phenoxy) is 2. The fourth-order valence-corrected chi connectivity index (χ4v) is 6.72. The Morgan fingerprint density at radius 2 is 1.73 bits per heavy atom. The largest absolute Gasteiger partial charge is 0.493 e. The molecule has 41 heavy (non-hydrogen) atoms. The molecule has 12 heteroatoms. The van der Waals surface area contributed by atoms with E-state index in [2.05, 4.69) is 9.89 Å². The first kappa shape index (κ1) is 29.3. The summed E-state index contributed by atoms with van der Waals surface area (Å²) >= 11 is 1.34. The third kappa shape index (κ3) is 6.52. The Bertz CT molecular complexity index is 1370. The number of methoxy groups -OCH3 is 1. The molecule has 220 valence electrons. The number of amidine groups is 1. The van der Waals surface area contributed by atoms with Crippen molar-refractivity contribution in [3.63, 3.8) is 0 Å². The molecule has 1 saturated heterocycles. The molecule has 2 aromatic carbocycles. The minimum atomic E-state index is -5.00. The summed E-state index contributed by atoms with van der Waals surface area (Å²) < 4.78 is 90.3. The van der Waals surface area contributed by atoms with Gasteiger partial charge >= 0.3 is 12.4 Å². The Morgan fingerprint density at radius 1 is 0.976 bits per heavy atom. The van der Waals surface area contributed by atoms with Crippen molar-refractivity contribution < 1.29 is 40.6 Å². The fraction of sp³-hybridized carbons (Fsp3) is 0.448. The lowest BCUT2D eigenvalue weighted by atomic mass is 9.78. The summed E-state index contributed by atoms with van der Waals surface area (Å²) in [6.45, 7) is 0.246. The number of amides is 1. The van der Waals surface area contributed by atoms with Gasteiger partial charge in [0.2, 0.25) is 0 Å². The second-order valence-corrected chi connectivity index (χ2v) is 11.3. The van der Waals surface area contributed by atoms with E-state index in [1.54, 1.807) is 18.2 Å². The third-order valence-corrected chi connectivity index (χ3v) is 8.73. The molecule has 0 bridgehead atoms. The van der Waals surface area contributed by atoms with Gasteiger partial charge in [0.15, 0.2) is 16.7 Å². The van der Waals surface area contributed by atoms with Crippen LogP contribution in [0.5, 0.6) is 11.5 Å². The summed E-state index contributed by atoms with van der Waals surface area (Å²) in [5.74, 6) is 0.596. The number of nitrogens with zero attached hydrogens (tertiary/aromatic N) is 2. The maximum absolute atomic E-state index is 13.5. The Kier molecular flexibility index (Phi) is 8.31. The van der Waals surface area contributed by atoms with Crippen molar-refractivity contribution in [3.8, 4) is 11.5 Å². The van der Waals surface area contributed by atoms with Crippen LogP contribution in [0.2, 0.25) is 0 Å². The second-order valence-electron chi connectivity index (χ2n) is 10.3. The van der Waals surface area contributed by atoms with Crippen LogP contribution in [0.15, 0.2) is 46.3 Å². The van der Waals surface area contributed by atoms with E-state index < -0.39 is 35.6 Å². The number of carbonyl (C=O) groups is 1. The molecule has 2 atom stereocenters. The van der Waals surface area contributed by atoms with Crippen LogP contribution in [0.4, 0.5) is 26.3 Å². The van der Waals surface area contributed by atoms with Gasteiger partial charge in [-0.05, 0) is 79.3 Å². The monoisotopic (exact) mass is 598 g/mol. The van der Waals surface area contributed by atoms with Gasteiger partial charge in [0, 0.05) is 18.2 Å². The molecule has 1 amide bonds. The molecule has 1 aliphatic carbocycles. The molecule has 2 fully saturated rings. The van der Waals surface area contributed by atoms with Gasteiger partial charge in [0.25, 0.3) is 5.91 Å². The average molecular weight is 599 g/mol. The summed E-state index contributed by atoms with van der Waals surface area (Å²) in [5, 5.41) is 0.724. The number of hydrogen-bond donors (Lipinski definition) is 0. The van der Waals surface area contributed by atoms with Gasteiger partial charge in [-0.2, -0.15) is 31.3 Å². The van der Waals surface area contributed by atoms with Crippen LogP contribution in [-0.4, -0.2) is 35.7 Å². The predicted molar refractivity (Wildman–Crippen MR) is 143 cm³/mol. The maximum atomic E-state index is 13.5. The van der Waals surface area contributed by atoms with Gasteiger partial charge in [0.05, 0.1) is 23.1 Å². The molecule has 5 nitrogen and oxygen atoms in total. The van der Waals surface area contributed by atoms with Crippen molar-refractivity contribution in [3.05, 3.63) is 63.6 Å². The molecule has 0 N–H and O–H groups in total. The maximum Gasteiger partial charge on any atom is 0.416 e. The SMILES string of the molecule is COc1cc(/C=C2\SC(N3CCCC4CCCCC43)=NC2=O)ccc1OCc1ccc(C(F)(F)F)cc1C(F)(F)F. The van der Waals surface area contributed by atoms with E-state index in [-0.39, 0.29) is 23.5 Å². The Hall–Kier alpha value is -3.15. The standard InChI is InChI=1S/C29H28F6N2O3S/c1-39-24-13-17(14-25-26(38)36-27(41-25)37-12-4-6-18-5-2-3-7-22(18)37)8-11-23(24)40-16-19-9-10-20(28(30,31)32)15-21(19)29(33,34)35/h8-11,13-15,18,22H,2-7,12,16H2,1H3/b25-14-. The number of benzene rings is 2. The molecule has 0 spiro atoms. The number of hydrogen-bond acceptors (Lipinski definition) is 5. The quantitative estimate of drug-likeness (QED) is 0.258. The molecule has 2 unspecified atom stereocenters. The smallest absolute Gasteiger partial charge is 0.416 e. The number of carbonyl (C=O) groups excluding carboxylic acids is 1. The molecule has 5 rings (SSSR count). The number of aliphatic imine (C=N–C) groups is 1. The summed E-state index contributed by atoms with van der Waals surface area (Å²) in [4.78, 5) is 19.8. The zero-order chi connectivity index (χ0) is 29.4. The first-order valence-electron chi connectivity index (χ1n) is 13.3. The zero-order valence-electron chi connectivity index (χ0n) is 22.1. The molecule has 1 saturated carbocycles. The Morgan fingerprint density at radius 3 is 2.46 bits per heavy atom. The number of halogens is 6. The highest BCUT2D eigenvalue weighted by atomic mass is 32.2. The van der Waals surface area contributed by atoms with Gasteiger partial charge in [-0.15, -0.1) is 0 Å². The van der Waals surface area contributed by atoms with Crippen molar-refractivity contribution in [1.82, 2.24) is 4.90 Å². The summed E-state index contributed by atoms with van der Waals surface area (Å²) in [7, 11) is 1.35. The highest BCUT2D eigenvalue weighted by Gasteiger charge is 2.39. The lowest BCUT2D eigenvalue weighted by molar-refractivity contribution is -0.143. The third-order valence-electron chi connectivity index (χ3n) is 7.71. The van der Waals surface area contributed by atoms with Gasteiger partial charge in [-0.3, -0.25) is 4.79 Å². The van der Waals surface area contributed by atoms with Crippen LogP contribution in [0.3, 0.4) is 0 Å². The zero-order valence-corrected chi connectivity index (χ0v) is 23.0. The lowest BCUT2D eigenvalue weighted by Gasteiger charge is -2.44. The minimum absolute atomic E-state index is 0.0795. The minimum Gasteiger partial charge on any atom is -0.493 e. The van der Waals surface area contributed by atoms with E-state index in [9.17, 15) is 31.1 Å². The van der Waals surface area contributed by atoms with E-state index in [0.29, 0.717) is 28.5 Å². The first-order chi connectivity index (χ1) is 19.4. The number of likely N-dealkylation sites (tertiary alicyclic amines) is 1. The molecule has 2 heterocycles. The molecule has 0 radical (unpaired) electrons. The van der Waals surface area contributed by atoms with Crippen LogP contribution in [0.25, 0.3) is 6.08 Å². The highest BCUT2D eigenvalue weighted by molar-refractivity contribution is 8.18. The van der Waals surface area contributed by atoms with E-state index in [0.717, 1.165) is 30.6 Å². The summed E-state index contributed by atoms with van der Waals surface area (Å²) in [6.07, 6.45) is -1.22. The van der Waals surface area contributed by atoms with Crippen molar-refractivity contribution in [2.24, 2.45) is 10.9 Å². The molecular weight excluding hydrogens is 570 g/mol. The van der Waals surface area contributed by atoms with Crippen LogP contribution in [0, 0.1) is 5.92 Å². The van der Waals surface area contributed by atoms with Gasteiger partial charge in [-0.25, -0.2) is 0 Å². The van der Waals surface area contributed by atoms with Crippen LogP contribution >= 0.6 is 11.8 Å². The van der Waals surface area contributed by atoms with Crippen molar-refractivity contribution in [2.75, 3.05) is 13.7 Å². The van der Waals surface area contributed by atoms with Gasteiger partial charge < -0.3 is 14.4 Å². The predicted octanol–water partition coefficient (Wildman–Crippen LogP) is 7.94. The first-order valence-corrected chi connectivity index (χ1v) is 14.1. The number of piperidine rings is 1. The average Bonchev–Trinajstić information content (AvgIpc) is 3.30. The fourth-order valence-electron chi connectivity index (χ4n) is 5.73. The summed E-state index contributed by atoms with van der Waals surface area (Å²) in [6, 6.07) is 6.51. The molecule has 3 aliphatic rings. The second kappa shape index (κ2) is 11.6. The number of thioether (sulfide) groups is 1. The summed E-state index contributed by atoms with van der Waals surface area (Å²) in [5.41, 5.74) is -2.67. The van der Waals surface area contributed by atoms with Crippen LogP contribution in [-0.2, 0) is 23.8 Å². The van der Waals surface area contributed by atoms with Gasteiger partial charge in [0.1, 0.15) is 6.61 Å². The Balaban J connectivity index is 1.30. The van der Waals surface area contributed by atoms with Crippen molar-refractivity contribution in [1.29, 1.82) is 0 Å². The van der Waals surface area contributed by atoms with E-state index in [1.807, 2.05) is 0 Å². The Labute approximate surface area is 237 Å². The molecule has 2 aliphatic heterocycles. The van der Waals surface area contributed by atoms with E-state index in [4.69, 9.17) is 9.47 Å². The highest BCUT2D eigenvalue weighted by Crippen LogP contribution is 2.41. The van der Waals surface area contributed by atoms with Gasteiger partial charge in [-0.1, -0.05) is 25.0 Å². The number of fused-ring (bicyclic) bond motifs is 1. The molecule has 0 aromatic heterocycles. The van der Waals surface area contributed by atoms with Crippen LogP contribution < -0.4 is 9.47 Å². The topological polar surface area (TPSA) is 51.1 Å². The number of rotatable bonds is 5. The van der Waals surface area contributed by atoms with E-state index >= 15 is 0 Å². The van der Waals surface area contributed by atoms with Crippen molar-refractivity contribution >= 4 is 28.9 Å². The lowest BCUT2D eigenvalue weighted by Crippen LogP contribution is -2.48. The normalized spacial score (nSPS) is 22.5. The van der Waals surface area contributed by atoms with Crippen LogP contribution in [0.1, 0.15) is 60.8 Å². The van der Waals surface area contributed by atoms with Crippen molar-refractivity contribution in [2.45, 2.75) is 63.5 Å². The molecular formula is C29H28F6N2O3S. The number of alkyl halides is 6. The molecule has 2 aromatic rings. The van der Waals surface area contributed by atoms with E-state index in [1.165, 1.54) is 50.6 Å².